The van der Waals surface area contributed by atoms with Crippen molar-refractivity contribution in [2.75, 3.05) is 13.2 Å². The predicted octanol–water partition coefficient (Wildman–Crippen LogP) is 9.85. The van der Waals surface area contributed by atoms with Crippen molar-refractivity contribution in [1.29, 1.82) is 5.26 Å². The number of aliphatic hydroxyl groups excluding tert-OH is 1. The molecule has 1 aromatic carbocycles. The second-order valence-electron chi connectivity index (χ2n) is 16.3. The second-order valence-corrected chi connectivity index (χ2v) is 18.0. The van der Waals surface area contributed by atoms with Crippen LogP contribution in [0.2, 0.25) is 0 Å². The van der Waals surface area contributed by atoms with Crippen molar-refractivity contribution in [2.45, 2.75) is 180 Å². The zero-order valence-electron chi connectivity index (χ0n) is 37.1. The first-order valence-corrected chi connectivity index (χ1v) is 24.2. The monoisotopic (exact) mass is 867 g/mol. The number of nitrogens with zero attached hydrogens (tertiary/aromatic N) is 4. The molecule has 4 rings (SSSR count). The summed E-state index contributed by atoms with van der Waals surface area (Å²) in [5.41, 5.74) is -0.623. The van der Waals surface area contributed by atoms with E-state index in [0.717, 1.165) is 32.1 Å². The number of carbonyl (C=O) groups is 2. The number of aromatic nitrogens is 3. The molecule has 61 heavy (non-hydrogen) atoms. The number of carbonyl (C=O) groups excluding carboxylic acids is 2. The van der Waals surface area contributed by atoms with Gasteiger partial charge in [-0.3, -0.25) is 14.1 Å². The fourth-order valence-corrected chi connectivity index (χ4v) is 9.15. The van der Waals surface area contributed by atoms with Crippen molar-refractivity contribution < 1.29 is 42.5 Å². The Kier molecular flexibility index (Phi) is 21.2. The molecule has 1 saturated heterocycles. The minimum Gasteiger partial charge on any atom is -0.464 e. The van der Waals surface area contributed by atoms with Crippen LogP contribution in [0.25, 0.3) is 5.52 Å². The lowest BCUT2D eigenvalue weighted by Crippen LogP contribution is -2.44. The highest BCUT2D eigenvalue weighted by Gasteiger charge is 2.60. The molecule has 0 bridgehead atoms. The summed E-state index contributed by atoms with van der Waals surface area (Å²) in [5, 5.41) is 29.7. The summed E-state index contributed by atoms with van der Waals surface area (Å²) in [6.07, 6.45) is 16.5. The van der Waals surface area contributed by atoms with Gasteiger partial charge in [-0.1, -0.05) is 142 Å². The zero-order valence-corrected chi connectivity index (χ0v) is 38.0. The predicted molar refractivity (Wildman–Crippen MR) is 234 cm³/mol. The van der Waals surface area contributed by atoms with Gasteiger partial charge in [0.15, 0.2) is 6.10 Å². The number of unbranched alkanes of at least 4 members (excludes halogenated alkanes) is 14. The number of ether oxygens (including phenoxy) is 3. The third-order valence-electron chi connectivity index (χ3n) is 11.6. The Morgan fingerprint density at radius 2 is 1.54 bits per heavy atom. The third kappa shape index (κ3) is 14.9. The molecule has 1 aliphatic heterocycles. The Hall–Kier alpha value is -3.86. The van der Waals surface area contributed by atoms with Crippen molar-refractivity contribution in [3.05, 3.63) is 60.2 Å². The summed E-state index contributed by atoms with van der Waals surface area (Å²) in [4.78, 5) is 30.7. The van der Waals surface area contributed by atoms with Crippen LogP contribution in [0, 0.1) is 24.2 Å². The standard InChI is InChI=1S/C46H70N5O9P/c1-6-9-10-11-12-13-14-15-16-17-18-19-20-21-25-28-42(52)58-44-43(53)40(59-46(44,33-47)41-30-29-39-35(4)48-34-49-51(39)41)32-57-61(55,60-38-26-23-22-24-27-38)50-36(5)45(54)56-31-37(7-2)8-3/h22-24,26-27,29-30,34,36-37,40,43-44,53H,6-21,25,28,31-32H2,1-5H3,(H,50,55)/t36-,40-,43-,44-,46+,61?/m1/s1. The normalized spacial score (nSPS) is 20.3. The lowest BCUT2D eigenvalue weighted by atomic mass is 9.92. The Morgan fingerprint density at radius 3 is 2.13 bits per heavy atom. The number of fused-ring (bicyclic) bond motifs is 1. The molecular weight excluding hydrogens is 798 g/mol. The molecule has 0 radical (unpaired) electrons. The summed E-state index contributed by atoms with van der Waals surface area (Å²) < 4.78 is 45.4. The summed E-state index contributed by atoms with van der Waals surface area (Å²) in [5.74, 6) is -0.863. The number of benzene rings is 1. The van der Waals surface area contributed by atoms with Crippen molar-refractivity contribution in [3.63, 3.8) is 0 Å². The lowest BCUT2D eigenvalue weighted by molar-refractivity contribution is -0.160. The van der Waals surface area contributed by atoms with Crippen LogP contribution in [-0.2, 0) is 38.5 Å². The van der Waals surface area contributed by atoms with Gasteiger partial charge in [-0.2, -0.15) is 15.4 Å². The smallest absolute Gasteiger partial charge is 0.459 e. The number of esters is 2. The second kappa shape index (κ2) is 25.9. The van der Waals surface area contributed by atoms with E-state index >= 15 is 0 Å². The molecule has 0 saturated carbocycles. The maximum atomic E-state index is 14.4. The van der Waals surface area contributed by atoms with E-state index in [0.29, 0.717) is 17.6 Å². The van der Waals surface area contributed by atoms with Gasteiger partial charge in [0.2, 0.25) is 5.60 Å². The van der Waals surface area contributed by atoms with Gasteiger partial charge in [0, 0.05) is 6.42 Å². The minimum atomic E-state index is -4.39. The van der Waals surface area contributed by atoms with Crippen LogP contribution in [-0.4, -0.2) is 69.2 Å². The van der Waals surface area contributed by atoms with E-state index in [2.05, 4.69) is 28.2 Å². The van der Waals surface area contributed by atoms with E-state index in [1.807, 2.05) is 13.8 Å². The maximum Gasteiger partial charge on any atom is 0.459 e. The van der Waals surface area contributed by atoms with Gasteiger partial charge in [-0.15, -0.1) is 0 Å². The molecule has 15 heteroatoms. The average Bonchev–Trinajstić information content (AvgIpc) is 3.81. The highest BCUT2D eigenvalue weighted by atomic mass is 31.2. The number of hydrogen-bond donors (Lipinski definition) is 2. The van der Waals surface area contributed by atoms with Gasteiger partial charge < -0.3 is 23.8 Å². The zero-order chi connectivity index (χ0) is 44.1. The summed E-state index contributed by atoms with van der Waals surface area (Å²) in [6.45, 7) is 9.17. The topological polar surface area (TPSA) is 184 Å². The van der Waals surface area contributed by atoms with E-state index in [1.165, 1.54) is 88.4 Å². The van der Waals surface area contributed by atoms with Gasteiger partial charge in [-0.25, -0.2) is 14.1 Å². The Bertz CT molecular complexity index is 1850. The molecule has 0 amide bonds. The molecule has 1 aliphatic rings. The first-order chi connectivity index (χ1) is 29.5. The van der Waals surface area contributed by atoms with E-state index < -0.39 is 56.2 Å². The molecule has 2 N–H and O–H groups in total. The van der Waals surface area contributed by atoms with Crippen molar-refractivity contribution in [1.82, 2.24) is 19.7 Å². The summed E-state index contributed by atoms with van der Waals surface area (Å²) >= 11 is 0. The Labute approximate surface area is 363 Å². The van der Waals surface area contributed by atoms with E-state index in [1.54, 1.807) is 49.4 Å². The molecule has 1 unspecified atom stereocenters. The minimum absolute atomic E-state index is 0.0929. The Morgan fingerprint density at radius 1 is 0.934 bits per heavy atom. The third-order valence-corrected chi connectivity index (χ3v) is 13.2. The molecule has 3 heterocycles. The van der Waals surface area contributed by atoms with Crippen molar-refractivity contribution >= 4 is 25.2 Å². The molecule has 6 atom stereocenters. The molecule has 14 nitrogen and oxygen atoms in total. The number of aryl methyl sites for hydroxylation is 1. The van der Waals surface area contributed by atoms with E-state index in [4.69, 9.17) is 23.3 Å². The van der Waals surface area contributed by atoms with Gasteiger partial charge in [0.05, 0.1) is 30.1 Å². The fraction of sp³-hybridized carbons (Fsp3) is 0.674. The molecule has 2 aromatic heterocycles. The van der Waals surface area contributed by atoms with Crippen molar-refractivity contribution in [3.8, 4) is 11.8 Å². The largest absolute Gasteiger partial charge is 0.464 e. The quantitative estimate of drug-likeness (QED) is 0.0367. The van der Waals surface area contributed by atoms with Gasteiger partial charge >= 0.3 is 19.7 Å². The van der Waals surface area contributed by atoms with Gasteiger partial charge in [-0.05, 0) is 50.5 Å². The maximum absolute atomic E-state index is 14.4. The van der Waals surface area contributed by atoms with Crippen LogP contribution in [0.4, 0.5) is 0 Å². The number of nitriles is 1. The number of hydrogen-bond acceptors (Lipinski definition) is 12. The van der Waals surface area contributed by atoms with Gasteiger partial charge in [0.1, 0.15) is 36.4 Å². The molecule has 0 spiro atoms. The number of rotatable bonds is 30. The molecule has 3 aromatic rings. The highest BCUT2D eigenvalue weighted by Crippen LogP contribution is 2.48. The van der Waals surface area contributed by atoms with Gasteiger partial charge in [0.25, 0.3) is 0 Å². The van der Waals surface area contributed by atoms with Crippen LogP contribution in [0.3, 0.4) is 0 Å². The Balaban J connectivity index is 1.40. The highest BCUT2D eigenvalue weighted by molar-refractivity contribution is 7.52. The summed E-state index contributed by atoms with van der Waals surface area (Å²) in [6, 6.07) is 12.7. The number of para-hydroxylation sites is 1. The van der Waals surface area contributed by atoms with Crippen molar-refractivity contribution in [2.24, 2.45) is 5.92 Å². The van der Waals surface area contributed by atoms with Crippen LogP contribution < -0.4 is 9.61 Å². The van der Waals surface area contributed by atoms with E-state index in [9.17, 15) is 24.5 Å². The number of nitrogens with one attached hydrogen (secondary N) is 1. The molecule has 338 valence electrons. The summed E-state index contributed by atoms with van der Waals surface area (Å²) in [7, 11) is -4.39. The van der Waals surface area contributed by atoms with Crippen LogP contribution >= 0.6 is 7.75 Å². The first kappa shape index (κ1) is 49.8. The van der Waals surface area contributed by atoms with E-state index in [-0.39, 0.29) is 30.4 Å². The van der Waals surface area contributed by atoms with Crippen LogP contribution in [0.15, 0.2) is 48.8 Å². The fourth-order valence-electron chi connectivity index (χ4n) is 7.65. The molecule has 0 aliphatic carbocycles. The number of aliphatic hydroxyl groups is 1. The van der Waals surface area contributed by atoms with Crippen LogP contribution in [0.5, 0.6) is 5.75 Å². The SMILES string of the molecule is CCCCCCCCCCCCCCCCCC(=O)O[C@@H]1[C@H](O)[C@@H](COP(=O)(N[C@H](C)C(=O)OCC(CC)CC)Oc2ccccc2)O[C@@]1(C#N)c1ccc2c(C)ncnn12. The first-order valence-electron chi connectivity index (χ1n) is 22.7. The van der Waals surface area contributed by atoms with Crippen LogP contribution in [0.1, 0.15) is 155 Å². The molecular formula is C46H70N5O9P. The average molecular weight is 868 g/mol. The molecule has 1 fully saturated rings. The lowest BCUT2D eigenvalue weighted by Gasteiger charge is -2.27.